The van der Waals surface area contributed by atoms with Gasteiger partial charge in [0.25, 0.3) is 5.56 Å². The molecule has 0 aliphatic rings. The molecule has 2 rings (SSSR count). The monoisotopic (exact) mass is 287 g/mol. The highest BCUT2D eigenvalue weighted by atomic mass is 16.3. The van der Waals surface area contributed by atoms with Gasteiger partial charge in [-0.05, 0) is 18.6 Å². The topological polar surface area (TPSA) is 87.4 Å². The normalized spacial score (nSPS) is 11.1. The summed E-state index contributed by atoms with van der Waals surface area (Å²) in [6.45, 7) is 2.61. The number of unbranched alkanes of at least 4 members (excludes halogenated alkanes) is 1. The lowest BCUT2D eigenvalue weighted by Gasteiger charge is -2.09. The number of nitrogens with zero attached hydrogens (tertiary/aromatic N) is 2. The Kier molecular flexibility index (Phi) is 4.71. The third-order valence-corrected chi connectivity index (χ3v) is 3.00. The Hall–Kier alpha value is -2.63. The maximum Gasteiger partial charge on any atom is 0.335 e. The molecule has 2 aromatic rings. The van der Waals surface area contributed by atoms with Gasteiger partial charge in [-0.25, -0.2) is 9.36 Å². The molecule has 1 heterocycles. The number of rotatable bonds is 5. The third kappa shape index (κ3) is 3.28. The number of para-hydroxylation sites is 1. The molecule has 1 aromatic carbocycles. The first-order valence-electron chi connectivity index (χ1n) is 6.78. The number of H-pyrrole nitrogens is 1. The summed E-state index contributed by atoms with van der Waals surface area (Å²) in [5.74, 6) is -0.407. The first-order valence-corrected chi connectivity index (χ1v) is 6.78. The van der Waals surface area contributed by atoms with Gasteiger partial charge in [-0.15, -0.1) is 0 Å². The summed E-state index contributed by atoms with van der Waals surface area (Å²) in [7, 11) is 0. The maximum absolute atomic E-state index is 11.9. The molecular weight excluding hydrogens is 270 g/mol. The Morgan fingerprint density at radius 1 is 1.29 bits per heavy atom. The molecule has 0 aliphatic carbocycles. The van der Waals surface area contributed by atoms with Crippen molar-refractivity contribution in [3.63, 3.8) is 0 Å². The first kappa shape index (κ1) is 14.8. The zero-order chi connectivity index (χ0) is 15.2. The third-order valence-electron chi connectivity index (χ3n) is 3.00. The van der Waals surface area contributed by atoms with E-state index in [-0.39, 0.29) is 5.56 Å². The number of aliphatic imine (C=N–C) groups is 1. The van der Waals surface area contributed by atoms with Crippen molar-refractivity contribution in [2.24, 2.45) is 4.99 Å². The van der Waals surface area contributed by atoms with Crippen LogP contribution >= 0.6 is 0 Å². The fourth-order valence-electron chi connectivity index (χ4n) is 1.88. The van der Waals surface area contributed by atoms with Crippen molar-refractivity contribution in [3.8, 4) is 11.6 Å². The highest BCUT2D eigenvalue weighted by Gasteiger charge is 2.13. The van der Waals surface area contributed by atoms with E-state index in [1.165, 1.54) is 6.21 Å². The van der Waals surface area contributed by atoms with Crippen molar-refractivity contribution in [3.05, 3.63) is 56.7 Å². The van der Waals surface area contributed by atoms with E-state index in [1.54, 1.807) is 30.3 Å². The molecule has 0 saturated carbocycles. The molecule has 0 saturated heterocycles. The minimum absolute atomic E-state index is 0.0189. The van der Waals surface area contributed by atoms with Crippen LogP contribution in [0.3, 0.4) is 0 Å². The lowest BCUT2D eigenvalue weighted by Crippen LogP contribution is -2.31. The number of hydrogen-bond acceptors (Lipinski definition) is 4. The van der Waals surface area contributed by atoms with Gasteiger partial charge in [0, 0.05) is 12.8 Å². The Morgan fingerprint density at radius 3 is 2.67 bits per heavy atom. The van der Waals surface area contributed by atoms with Crippen molar-refractivity contribution in [1.29, 1.82) is 0 Å². The van der Waals surface area contributed by atoms with Crippen LogP contribution in [0, 0.1) is 0 Å². The van der Waals surface area contributed by atoms with Crippen molar-refractivity contribution < 1.29 is 5.11 Å². The second-order valence-corrected chi connectivity index (χ2v) is 4.56. The zero-order valence-electron chi connectivity index (χ0n) is 11.7. The summed E-state index contributed by atoms with van der Waals surface area (Å²) in [5, 5.41) is 10.2. The van der Waals surface area contributed by atoms with Gasteiger partial charge >= 0.3 is 5.69 Å². The van der Waals surface area contributed by atoms with Crippen LogP contribution in [0.2, 0.25) is 0 Å². The molecule has 6 nitrogen and oxygen atoms in total. The van der Waals surface area contributed by atoms with E-state index in [2.05, 4.69) is 9.98 Å². The molecule has 0 aliphatic heterocycles. The van der Waals surface area contributed by atoms with Crippen LogP contribution in [0.1, 0.15) is 25.3 Å². The number of nitrogens with one attached hydrogen (secondary N) is 1. The lowest BCUT2D eigenvalue weighted by molar-refractivity contribution is 0.430. The van der Waals surface area contributed by atoms with Gasteiger partial charge in [0.05, 0.1) is 5.69 Å². The molecule has 2 N–H and O–H groups in total. The highest BCUT2D eigenvalue weighted by molar-refractivity contribution is 5.82. The molecule has 0 spiro atoms. The molecule has 21 heavy (non-hydrogen) atoms. The largest absolute Gasteiger partial charge is 0.493 e. The average molecular weight is 287 g/mol. The van der Waals surface area contributed by atoms with Crippen LogP contribution in [0.4, 0.5) is 0 Å². The quantitative estimate of drug-likeness (QED) is 0.644. The van der Waals surface area contributed by atoms with Crippen LogP contribution in [-0.2, 0) is 0 Å². The second kappa shape index (κ2) is 6.69. The van der Waals surface area contributed by atoms with Crippen LogP contribution in [0.25, 0.3) is 5.69 Å². The minimum atomic E-state index is -0.686. The summed E-state index contributed by atoms with van der Waals surface area (Å²) in [6, 6.07) is 8.60. The highest BCUT2D eigenvalue weighted by Crippen LogP contribution is 2.14. The van der Waals surface area contributed by atoms with E-state index in [9.17, 15) is 14.7 Å². The van der Waals surface area contributed by atoms with Crippen LogP contribution in [-0.4, -0.2) is 27.4 Å². The summed E-state index contributed by atoms with van der Waals surface area (Å²) in [5.41, 5.74) is -0.881. The number of aromatic hydroxyl groups is 1. The van der Waals surface area contributed by atoms with Gasteiger partial charge in [0.15, 0.2) is 0 Å². The molecular formula is C15H17N3O3. The molecule has 6 heteroatoms. The molecule has 0 unspecified atom stereocenters. The fourth-order valence-corrected chi connectivity index (χ4v) is 1.88. The summed E-state index contributed by atoms with van der Waals surface area (Å²) < 4.78 is 1.04. The fraction of sp³-hybridized carbons (Fsp3) is 0.267. The van der Waals surface area contributed by atoms with Gasteiger partial charge in [-0.3, -0.25) is 14.8 Å². The lowest BCUT2D eigenvalue weighted by atomic mass is 10.3. The van der Waals surface area contributed by atoms with E-state index in [0.29, 0.717) is 12.2 Å². The van der Waals surface area contributed by atoms with E-state index in [0.717, 1.165) is 17.4 Å². The smallest absolute Gasteiger partial charge is 0.335 e. The van der Waals surface area contributed by atoms with Crippen LogP contribution in [0.5, 0.6) is 5.88 Å². The van der Waals surface area contributed by atoms with Gasteiger partial charge in [-0.1, -0.05) is 31.5 Å². The molecule has 0 radical (unpaired) electrons. The molecule has 1 aromatic heterocycles. The van der Waals surface area contributed by atoms with Crippen LogP contribution in [0.15, 0.2) is 44.9 Å². The first-order chi connectivity index (χ1) is 10.1. The molecule has 0 fully saturated rings. The Bertz CT molecular complexity index is 745. The Morgan fingerprint density at radius 2 is 2.00 bits per heavy atom. The number of hydrogen-bond donors (Lipinski definition) is 2. The zero-order valence-corrected chi connectivity index (χ0v) is 11.7. The minimum Gasteiger partial charge on any atom is -0.493 e. The number of benzene rings is 1. The number of aromatic nitrogens is 2. The van der Waals surface area contributed by atoms with Gasteiger partial charge in [0.1, 0.15) is 5.56 Å². The van der Waals surface area contributed by atoms with E-state index < -0.39 is 17.1 Å². The van der Waals surface area contributed by atoms with E-state index in [1.807, 2.05) is 6.92 Å². The van der Waals surface area contributed by atoms with Gasteiger partial charge in [0.2, 0.25) is 5.88 Å². The molecule has 0 amide bonds. The summed E-state index contributed by atoms with van der Waals surface area (Å²) >= 11 is 0. The van der Waals surface area contributed by atoms with Crippen molar-refractivity contribution in [2.45, 2.75) is 19.8 Å². The van der Waals surface area contributed by atoms with Crippen molar-refractivity contribution in [2.75, 3.05) is 6.54 Å². The second-order valence-electron chi connectivity index (χ2n) is 4.56. The SMILES string of the molecule is CCCCN=Cc1c(O)n(-c2ccccc2)c(=O)[nH]c1=O. The van der Waals surface area contributed by atoms with Crippen molar-refractivity contribution >= 4 is 6.21 Å². The van der Waals surface area contributed by atoms with E-state index in [4.69, 9.17) is 0 Å². The number of aromatic amines is 1. The maximum atomic E-state index is 11.9. The summed E-state index contributed by atoms with van der Waals surface area (Å²) in [6.07, 6.45) is 3.19. The molecule has 0 bridgehead atoms. The molecule has 0 atom stereocenters. The van der Waals surface area contributed by atoms with Crippen molar-refractivity contribution in [1.82, 2.24) is 9.55 Å². The average Bonchev–Trinajstić information content (AvgIpc) is 2.47. The predicted molar refractivity (Wildman–Crippen MR) is 81.7 cm³/mol. The predicted octanol–water partition coefficient (Wildman–Crippen LogP) is 1.45. The summed E-state index contributed by atoms with van der Waals surface area (Å²) in [4.78, 5) is 30.0. The Labute approximate surface area is 121 Å². The van der Waals surface area contributed by atoms with E-state index >= 15 is 0 Å². The Balaban J connectivity index is 2.51. The van der Waals surface area contributed by atoms with Crippen LogP contribution < -0.4 is 11.2 Å². The molecule has 110 valence electrons. The van der Waals surface area contributed by atoms with Gasteiger partial charge in [-0.2, -0.15) is 0 Å². The van der Waals surface area contributed by atoms with Gasteiger partial charge < -0.3 is 5.11 Å². The standard InChI is InChI=1S/C15H17N3O3/c1-2-3-9-16-10-12-13(19)17-15(21)18(14(12)20)11-7-5-4-6-8-11/h4-8,10,20H,2-3,9H2,1H3,(H,17,19,21).